The van der Waals surface area contributed by atoms with Crippen LogP contribution in [0.15, 0.2) is 16.5 Å². The molecule has 5 nitrogen and oxygen atoms in total. The third-order valence-electron chi connectivity index (χ3n) is 5.65. The van der Waals surface area contributed by atoms with Gasteiger partial charge in [0.1, 0.15) is 11.5 Å². The molecule has 1 amide bonds. The van der Waals surface area contributed by atoms with Crippen molar-refractivity contribution in [1.29, 1.82) is 0 Å². The first-order chi connectivity index (χ1) is 12.1. The number of aryl methyl sites for hydroxylation is 1. The molecule has 2 aliphatic rings. The van der Waals surface area contributed by atoms with Gasteiger partial charge >= 0.3 is 0 Å². The molecule has 3 rings (SSSR count). The molecule has 2 saturated heterocycles. The summed E-state index contributed by atoms with van der Waals surface area (Å²) in [5, 5.41) is 0. The van der Waals surface area contributed by atoms with E-state index >= 15 is 0 Å². The Morgan fingerprint density at radius 1 is 1.24 bits per heavy atom. The molecule has 25 heavy (non-hydrogen) atoms. The van der Waals surface area contributed by atoms with Crippen molar-refractivity contribution in [1.82, 2.24) is 9.80 Å². The van der Waals surface area contributed by atoms with Crippen molar-refractivity contribution in [2.45, 2.75) is 52.0 Å². The second kappa shape index (κ2) is 8.37. The number of furan rings is 1. The number of likely N-dealkylation sites (tertiary alicyclic amines) is 2. The minimum Gasteiger partial charge on any atom is -0.465 e. The summed E-state index contributed by atoms with van der Waals surface area (Å²) in [6, 6.07) is 4.24. The molecule has 1 aromatic rings. The van der Waals surface area contributed by atoms with Gasteiger partial charge in [0, 0.05) is 45.0 Å². The number of hydrogen-bond donors (Lipinski definition) is 0. The molecule has 3 heterocycles. The molecule has 0 saturated carbocycles. The number of ether oxygens (including phenoxy) is 1. The molecule has 2 aliphatic heterocycles. The molecule has 5 heteroatoms. The summed E-state index contributed by atoms with van der Waals surface area (Å²) >= 11 is 0. The van der Waals surface area contributed by atoms with Crippen molar-refractivity contribution < 1.29 is 13.9 Å². The van der Waals surface area contributed by atoms with E-state index in [0.717, 1.165) is 63.5 Å². The first-order valence-electron chi connectivity index (χ1n) is 9.71. The Balaban J connectivity index is 1.60. The van der Waals surface area contributed by atoms with Gasteiger partial charge in [-0.3, -0.25) is 9.69 Å². The summed E-state index contributed by atoms with van der Waals surface area (Å²) in [4.78, 5) is 16.7. The summed E-state index contributed by atoms with van der Waals surface area (Å²) in [6.07, 6.45) is 6.25. The molecule has 0 radical (unpaired) electrons. The second-order valence-corrected chi connectivity index (χ2v) is 7.74. The number of carbonyl (C=O) groups is 1. The van der Waals surface area contributed by atoms with Crippen LogP contribution >= 0.6 is 0 Å². The van der Waals surface area contributed by atoms with Crippen molar-refractivity contribution >= 4 is 5.91 Å². The smallest absolute Gasteiger partial charge is 0.222 e. The molecule has 140 valence electrons. The van der Waals surface area contributed by atoms with Gasteiger partial charge in [-0.25, -0.2) is 0 Å². The third-order valence-corrected chi connectivity index (χ3v) is 5.65. The van der Waals surface area contributed by atoms with Crippen LogP contribution in [0.3, 0.4) is 0 Å². The lowest BCUT2D eigenvalue weighted by Crippen LogP contribution is -2.54. The summed E-state index contributed by atoms with van der Waals surface area (Å²) in [7, 11) is 1.70. The molecule has 0 unspecified atom stereocenters. The first kappa shape index (κ1) is 18.5. The summed E-state index contributed by atoms with van der Waals surface area (Å²) in [5.74, 6) is 2.46. The lowest BCUT2D eigenvalue weighted by Gasteiger charge is -2.48. The van der Waals surface area contributed by atoms with Crippen molar-refractivity contribution in [2.75, 3.05) is 39.9 Å². The fourth-order valence-electron chi connectivity index (χ4n) is 4.39. The molecule has 0 N–H and O–H groups in total. The Hall–Kier alpha value is -1.33. The number of piperidine rings is 2. The molecule has 0 aromatic carbocycles. The highest BCUT2D eigenvalue weighted by atomic mass is 16.5. The Bertz CT molecular complexity index is 571. The number of nitrogens with zero attached hydrogens (tertiary/aromatic N) is 2. The highest BCUT2D eigenvalue weighted by molar-refractivity contribution is 5.77. The minimum atomic E-state index is 0.249. The van der Waals surface area contributed by atoms with Crippen LogP contribution in [0, 0.1) is 5.41 Å². The number of hydrogen-bond acceptors (Lipinski definition) is 4. The Morgan fingerprint density at radius 2 is 2.08 bits per heavy atom. The van der Waals surface area contributed by atoms with E-state index in [1.807, 2.05) is 4.90 Å². The molecular formula is C20H32N2O3. The number of carbonyl (C=O) groups excluding carboxylic acids is 1. The SMILES string of the molecule is CCCc1ccc(CN2CCC[C@@]3(CCC(=O)N(CCOC)C3)C2)o1. The molecule has 1 aromatic heterocycles. The van der Waals surface area contributed by atoms with Gasteiger partial charge in [-0.15, -0.1) is 0 Å². The molecular weight excluding hydrogens is 316 g/mol. The van der Waals surface area contributed by atoms with E-state index in [1.165, 1.54) is 12.8 Å². The van der Waals surface area contributed by atoms with E-state index < -0.39 is 0 Å². The largest absolute Gasteiger partial charge is 0.465 e. The van der Waals surface area contributed by atoms with Crippen molar-refractivity contribution in [3.05, 3.63) is 23.7 Å². The van der Waals surface area contributed by atoms with Crippen LogP contribution in [0.25, 0.3) is 0 Å². The van der Waals surface area contributed by atoms with Gasteiger partial charge in [-0.05, 0) is 44.4 Å². The summed E-state index contributed by atoms with van der Waals surface area (Å²) in [6.45, 7) is 7.47. The van der Waals surface area contributed by atoms with Crippen LogP contribution in [0.1, 0.15) is 50.5 Å². The Morgan fingerprint density at radius 3 is 2.88 bits per heavy atom. The highest BCUT2D eigenvalue weighted by Gasteiger charge is 2.41. The van der Waals surface area contributed by atoms with E-state index in [1.54, 1.807) is 7.11 Å². The summed E-state index contributed by atoms with van der Waals surface area (Å²) in [5.41, 5.74) is 0.249. The van der Waals surface area contributed by atoms with Gasteiger partial charge in [0.2, 0.25) is 5.91 Å². The van der Waals surface area contributed by atoms with Crippen LogP contribution in [0.4, 0.5) is 0 Å². The second-order valence-electron chi connectivity index (χ2n) is 7.74. The number of methoxy groups -OCH3 is 1. The van der Waals surface area contributed by atoms with Crippen LogP contribution in [-0.2, 0) is 22.5 Å². The predicted molar refractivity (Wildman–Crippen MR) is 97.3 cm³/mol. The minimum absolute atomic E-state index is 0.249. The van der Waals surface area contributed by atoms with E-state index in [0.29, 0.717) is 13.0 Å². The maximum atomic E-state index is 12.2. The molecule has 0 aliphatic carbocycles. The van der Waals surface area contributed by atoms with Gasteiger partial charge in [0.05, 0.1) is 13.2 Å². The van der Waals surface area contributed by atoms with E-state index in [4.69, 9.17) is 9.15 Å². The molecule has 1 spiro atoms. The maximum absolute atomic E-state index is 12.2. The zero-order valence-corrected chi connectivity index (χ0v) is 15.8. The lowest BCUT2D eigenvalue weighted by atomic mass is 9.73. The van der Waals surface area contributed by atoms with Crippen LogP contribution in [-0.4, -0.2) is 55.6 Å². The number of rotatable bonds is 7. The monoisotopic (exact) mass is 348 g/mol. The van der Waals surface area contributed by atoms with Gasteiger partial charge < -0.3 is 14.1 Å². The first-order valence-corrected chi connectivity index (χ1v) is 9.71. The third kappa shape index (κ3) is 4.64. The Kier molecular flexibility index (Phi) is 6.18. The fourth-order valence-corrected chi connectivity index (χ4v) is 4.39. The van der Waals surface area contributed by atoms with Gasteiger partial charge in [-0.2, -0.15) is 0 Å². The van der Waals surface area contributed by atoms with Crippen LogP contribution in [0.2, 0.25) is 0 Å². The van der Waals surface area contributed by atoms with Gasteiger partial charge in [0.15, 0.2) is 0 Å². The quantitative estimate of drug-likeness (QED) is 0.760. The highest BCUT2D eigenvalue weighted by Crippen LogP contribution is 2.39. The Labute approximate surface area is 151 Å². The van der Waals surface area contributed by atoms with E-state index in [9.17, 15) is 4.79 Å². The predicted octanol–water partition coefficient (Wildman–Crippen LogP) is 3.08. The average Bonchev–Trinajstić information content (AvgIpc) is 3.04. The molecule has 1 atom stereocenters. The van der Waals surface area contributed by atoms with Crippen LogP contribution in [0.5, 0.6) is 0 Å². The maximum Gasteiger partial charge on any atom is 0.222 e. The van der Waals surface area contributed by atoms with Gasteiger partial charge in [-0.1, -0.05) is 6.92 Å². The molecule has 0 bridgehead atoms. The average molecular weight is 348 g/mol. The lowest BCUT2D eigenvalue weighted by molar-refractivity contribution is -0.140. The van der Waals surface area contributed by atoms with Crippen molar-refractivity contribution in [3.63, 3.8) is 0 Å². The standard InChI is InChI=1S/C20H32N2O3/c1-3-5-17-6-7-18(25-17)14-21-11-4-9-20(15-21)10-8-19(23)22(16-20)12-13-24-2/h6-7H,3-5,8-16H2,1-2H3/t20-/m1/s1. The molecule has 2 fully saturated rings. The number of amides is 1. The summed E-state index contributed by atoms with van der Waals surface area (Å²) < 4.78 is 11.1. The topological polar surface area (TPSA) is 45.9 Å². The zero-order chi connectivity index (χ0) is 17.7. The fraction of sp³-hybridized carbons (Fsp3) is 0.750. The zero-order valence-electron chi connectivity index (χ0n) is 15.8. The van der Waals surface area contributed by atoms with Crippen molar-refractivity contribution in [3.8, 4) is 0 Å². The van der Waals surface area contributed by atoms with E-state index in [2.05, 4.69) is 24.0 Å². The van der Waals surface area contributed by atoms with Crippen molar-refractivity contribution in [2.24, 2.45) is 5.41 Å². The van der Waals surface area contributed by atoms with E-state index in [-0.39, 0.29) is 11.3 Å². The van der Waals surface area contributed by atoms with Gasteiger partial charge in [0.25, 0.3) is 0 Å². The normalized spacial score (nSPS) is 25.0. The van der Waals surface area contributed by atoms with Crippen LogP contribution < -0.4 is 0 Å².